The fourth-order valence-corrected chi connectivity index (χ4v) is 4.29. The lowest BCUT2D eigenvalue weighted by Crippen LogP contribution is -2.48. The summed E-state index contributed by atoms with van der Waals surface area (Å²) in [5.74, 6) is 0. The highest BCUT2D eigenvalue weighted by Gasteiger charge is 2.29. The molecular weight excluding hydrogens is 366 g/mol. The lowest BCUT2D eigenvalue weighted by molar-refractivity contribution is 0.152. The first-order valence-corrected chi connectivity index (χ1v) is 9.99. The summed E-state index contributed by atoms with van der Waals surface area (Å²) in [5.41, 5.74) is 12.3. The minimum atomic E-state index is -0.0107. The van der Waals surface area contributed by atoms with Crippen LogP contribution >= 0.6 is 0 Å². The van der Waals surface area contributed by atoms with E-state index < -0.39 is 0 Å². The SMILES string of the molecule is N#CC(C1=CCCc2[nH]ncc21)=C1CCN(C(=O)N2CCC(N)=C(C=N)C2)CC1. The van der Waals surface area contributed by atoms with Gasteiger partial charge in [-0.05, 0) is 36.8 Å². The van der Waals surface area contributed by atoms with Gasteiger partial charge in [0.2, 0.25) is 0 Å². The van der Waals surface area contributed by atoms with Crippen LogP contribution in [0.3, 0.4) is 0 Å². The highest BCUT2D eigenvalue weighted by Crippen LogP contribution is 2.34. The molecule has 0 aromatic carbocycles. The number of fused-ring (bicyclic) bond motifs is 1. The molecule has 0 unspecified atom stereocenters. The molecule has 0 atom stereocenters. The fraction of sp³-hybridized carbons (Fsp3) is 0.429. The summed E-state index contributed by atoms with van der Waals surface area (Å²) < 4.78 is 0. The van der Waals surface area contributed by atoms with Gasteiger partial charge in [0, 0.05) is 54.8 Å². The summed E-state index contributed by atoms with van der Waals surface area (Å²) >= 11 is 0. The molecule has 8 heteroatoms. The van der Waals surface area contributed by atoms with E-state index in [1.54, 1.807) is 11.1 Å². The molecule has 8 nitrogen and oxygen atoms in total. The van der Waals surface area contributed by atoms with Crippen molar-refractivity contribution < 1.29 is 4.79 Å². The summed E-state index contributed by atoms with van der Waals surface area (Å²) in [6, 6.07) is 2.40. The number of rotatable bonds is 2. The fourth-order valence-electron chi connectivity index (χ4n) is 4.29. The van der Waals surface area contributed by atoms with Gasteiger partial charge in [0.25, 0.3) is 0 Å². The van der Waals surface area contributed by atoms with E-state index in [1.807, 2.05) is 4.90 Å². The molecule has 2 amide bonds. The van der Waals surface area contributed by atoms with E-state index in [0.717, 1.165) is 40.8 Å². The van der Waals surface area contributed by atoms with E-state index >= 15 is 0 Å². The second-order valence-corrected chi connectivity index (χ2v) is 7.65. The molecule has 1 aromatic rings. The number of carbonyl (C=O) groups excluding carboxylic acids is 1. The number of hydrogen-bond acceptors (Lipinski definition) is 5. The molecular formula is C21H25N7O. The van der Waals surface area contributed by atoms with Crippen LogP contribution in [0.15, 0.2) is 34.7 Å². The Morgan fingerprint density at radius 2 is 2.00 bits per heavy atom. The largest absolute Gasteiger partial charge is 0.402 e. The Morgan fingerprint density at radius 1 is 1.24 bits per heavy atom. The number of urea groups is 1. The van der Waals surface area contributed by atoms with Crippen molar-refractivity contribution in [3.05, 3.63) is 45.9 Å². The van der Waals surface area contributed by atoms with Crippen molar-refractivity contribution in [1.82, 2.24) is 20.0 Å². The molecule has 1 fully saturated rings. The molecule has 1 aromatic heterocycles. The Morgan fingerprint density at radius 3 is 2.72 bits per heavy atom. The second-order valence-electron chi connectivity index (χ2n) is 7.65. The zero-order valence-electron chi connectivity index (χ0n) is 16.4. The quantitative estimate of drug-likeness (QED) is 0.528. The predicted molar refractivity (Wildman–Crippen MR) is 110 cm³/mol. The van der Waals surface area contributed by atoms with Crippen LogP contribution in [-0.2, 0) is 6.42 Å². The first kappa shape index (κ1) is 19.0. The van der Waals surface area contributed by atoms with Gasteiger partial charge in [-0.1, -0.05) is 6.08 Å². The lowest BCUT2D eigenvalue weighted by atomic mass is 9.86. The van der Waals surface area contributed by atoms with Gasteiger partial charge in [0.05, 0.1) is 24.4 Å². The molecule has 0 saturated carbocycles. The van der Waals surface area contributed by atoms with Crippen LogP contribution in [0, 0.1) is 16.7 Å². The lowest BCUT2D eigenvalue weighted by Gasteiger charge is -2.36. The maximum atomic E-state index is 12.9. The maximum absolute atomic E-state index is 12.9. The Kier molecular flexibility index (Phi) is 5.21. The van der Waals surface area contributed by atoms with Crippen LogP contribution in [-0.4, -0.2) is 58.4 Å². The van der Waals surface area contributed by atoms with E-state index in [4.69, 9.17) is 11.1 Å². The Labute approximate surface area is 169 Å². The first-order chi connectivity index (χ1) is 14.1. The standard InChI is InChI=1S/C21H25N7O/c22-10-15-13-28(9-6-19(15)24)21(29)27-7-4-14(5-8-27)17(11-23)16-2-1-3-20-18(16)12-25-26-20/h2,10,12,22H,1,3-9,13,24H2,(H,25,26). The van der Waals surface area contributed by atoms with E-state index in [2.05, 4.69) is 22.3 Å². The van der Waals surface area contributed by atoms with Crippen LogP contribution in [0.4, 0.5) is 4.79 Å². The smallest absolute Gasteiger partial charge is 0.320 e. The summed E-state index contributed by atoms with van der Waals surface area (Å²) in [6.07, 6.45) is 8.99. The Balaban J connectivity index is 1.46. The monoisotopic (exact) mass is 391 g/mol. The van der Waals surface area contributed by atoms with Crippen molar-refractivity contribution in [1.29, 1.82) is 10.7 Å². The molecule has 1 aliphatic carbocycles. The topological polar surface area (TPSA) is 126 Å². The number of nitrogens with one attached hydrogen (secondary N) is 2. The number of aryl methyl sites for hydroxylation is 1. The minimum Gasteiger partial charge on any atom is -0.402 e. The van der Waals surface area contributed by atoms with Gasteiger partial charge >= 0.3 is 6.03 Å². The number of hydrogen-bond donors (Lipinski definition) is 3. The maximum Gasteiger partial charge on any atom is 0.320 e. The number of likely N-dealkylation sites (tertiary alicyclic amines) is 1. The third-order valence-corrected chi connectivity index (χ3v) is 5.99. The van der Waals surface area contributed by atoms with Crippen LogP contribution in [0.25, 0.3) is 5.57 Å². The predicted octanol–water partition coefficient (Wildman–Crippen LogP) is 2.34. The summed E-state index contributed by atoms with van der Waals surface area (Å²) in [5, 5.41) is 24.5. The number of H-pyrrole nitrogens is 1. The van der Waals surface area contributed by atoms with E-state index in [-0.39, 0.29) is 6.03 Å². The van der Waals surface area contributed by atoms with Crippen molar-refractivity contribution >= 4 is 17.8 Å². The average molecular weight is 391 g/mol. The van der Waals surface area contributed by atoms with Crippen molar-refractivity contribution in [2.24, 2.45) is 5.73 Å². The van der Waals surface area contributed by atoms with E-state index in [1.165, 1.54) is 6.21 Å². The van der Waals surface area contributed by atoms with Crippen molar-refractivity contribution in [2.75, 3.05) is 26.2 Å². The molecule has 0 spiro atoms. The van der Waals surface area contributed by atoms with Gasteiger partial charge in [-0.15, -0.1) is 0 Å². The minimum absolute atomic E-state index is 0.0107. The van der Waals surface area contributed by atoms with Gasteiger partial charge < -0.3 is 20.9 Å². The molecule has 3 heterocycles. The molecule has 2 aliphatic heterocycles. The number of nitriles is 1. The number of piperidine rings is 1. The average Bonchev–Trinajstić information content (AvgIpc) is 3.24. The van der Waals surface area contributed by atoms with E-state index in [9.17, 15) is 10.1 Å². The number of aromatic nitrogens is 2. The highest BCUT2D eigenvalue weighted by molar-refractivity contribution is 5.86. The van der Waals surface area contributed by atoms with E-state index in [0.29, 0.717) is 56.7 Å². The summed E-state index contributed by atoms with van der Waals surface area (Å²) in [6.45, 7) is 2.18. The molecule has 0 bridgehead atoms. The van der Waals surface area contributed by atoms with Gasteiger partial charge in [-0.3, -0.25) is 5.10 Å². The van der Waals surface area contributed by atoms with Crippen LogP contribution in [0.2, 0.25) is 0 Å². The second kappa shape index (κ2) is 7.95. The number of nitrogens with zero attached hydrogens (tertiary/aromatic N) is 4. The Hall–Kier alpha value is -3.34. The molecule has 3 aliphatic rings. The molecule has 4 N–H and O–H groups in total. The normalized spacial score (nSPS) is 19.4. The number of nitrogens with two attached hydrogens (primary N) is 1. The van der Waals surface area contributed by atoms with Crippen molar-refractivity contribution in [2.45, 2.75) is 32.1 Å². The molecule has 1 saturated heterocycles. The molecule has 0 radical (unpaired) electrons. The zero-order valence-corrected chi connectivity index (χ0v) is 16.4. The van der Waals surface area contributed by atoms with Gasteiger partial charge in [0.1, 0.15) is 0 Å². The van der Waals surface area contributed by atoms with Crippen LogP contribution < -0.4 is 5.73 Å². The molecule has 29 heavy (non-hydrogen) atoms. The zero-order chi connectivity index (χ0) is 20.4. The third-order valence-electron chi connectivity index (χ3n) is 5.99. The van der Waals surface area contributed by atoms with Gasteiger partial charge in [-0.2, -0.15) is 10.4 Å². The van der Waals surface area contributed by atoms with Crippen molar-refractivity contribution in [3.63, 3.8) is 0 Å². The third kappa shape index (κ3) is 3.56. The summed E-state index contributed by atoms with van der Waals surface area (Å²) in [4.78, 5) is 16.5. The van der Waals surface area contributed by atoms with Gasteiger partial charge in [0.15, 0.2) is 0 Å². The summed E-state index contributed by atoms with van der Waals surface area (Å²) in [7, 11) is 0. The number of amides is 2. The molecule has 4 rings (SSSR count). The number of aromatic amines is 1. The van der Waals surface area contributed by atoms with Gasteiger partial charge in [-0.25, -0.2) is 4.79 Å². The molecule has 150 valence electrons. The highest BCUT2D eigenvalue weighted by atomic mass is 16.2. The number of carbonyl (C=O) groups is 1. The van der Waals surface area contributed by atoms with Crippen LogP contribution in [0.1, 0.15) is 36.9 Å². The van der Waals surface area contributed by atoms with Crippen LogP contribution in [0.5, 0.6) is 0 Å². The Bertz CT molecular complexity index is 965. The first-order valence-electron chi connectivity index (χ1n) is 9.99. The van der Waals surface area contributed by atoms with Crippen molar-refractivity contribution in [3.8, 4) is 6.07 Å². The number of allylic oxidation sites excluding steroid dienone is 3.